The molecule has 13 heavy (non-hydrogen) atoms. The molecule has 0 radical (unpaired) electrons. The molecule has 0 saturated carbocycles. The minimum absolute atomic E-state index is 0.106. The SMILES string of the molecule is CCC(C#N)CNCc1ccco1. The lowest BCUT2D eigenvalue weighted by Gasteiger charge is -2.05. The van der Waals surface area contributed by atoms with Crippen LogP contribution in [-0.2, 0) is 6.54 Å². The van der Waals surface area contributed by atoms with E-state index in [4.69, 9.17) is 9.68 Å². The van der Waals surface area contributed by atoms with E-state index in [0.717, 1.165) is 18.7 Å². The highest BCUT2D eigenvalue weighted by atomic mass is 16.3. The first-order chi connectivity index (χ1) is 6.36. The van der Waals surface area contributed by atoms with Crippen molar-refractivity contribution in [3.63, 3.8) is 0 Å². The molecule has 0 aliphatic carbocycles. The predicted molar refractivity (Wildman–Crippen MR) is 49.8 cm³/mol. The van der Waals surface area contributed by atoms with E-state index < -0.39 is 0 Å². The Labute approximate surface area is 78.4 Å². The summed E-state index contributed by atoms with van der Waals surface area (Å²) in [7, 11) is 0. The Bertz CT molecular complexity index is 261. The van der Waals surface area contributed by atoms with Crippen LogP contribution < -0.4 is 5.32 Å². The molecular weight excluding hydrogens is 164 g/mol. The molecule has 3 heteroatoms. The van der Waals surface area contributed by atoms with Gasteiger partial charge in [0.05, 0.1) is 24.8 Å². The highest BCUT2D eigenvalue weighted by molar-refractivity contribution is 4.97. The third-order valence-electron chi connectivity index (χ3n) is 1.95. The van der Waals surface area contributed by atoms with Gasteiger partial charge in [0, 0.05) is 6.54 Å². The fourth-order valence-electron chi connectivity index (χ4n) is 1.06. The molecule has 70 valence electrons. The van der Waals surface area contributed by atoms with E-state index in [1.807, 2.05) is 19.1 Å². The third-order valence-corrected chi connectivity index (χ3v) is 1.95. The van der Waals surface area contributed by atoms with Crippen molar-refractivity contribution in [2.24, 2.45) is 5.92 Å². The first kappa shape index (κ1) is 9.82. The number of hydrogen-bond donors (Lipinski definition) is 1. The number of nitriles is 1. The summed E-state index contributed by atoms with van der Waals surface area (Å²) in [5.74, 6) is 1.02. The van der Waals surface area contributed by atoms with Crippen LogP contribution in [0.15, 0.2) is 22.8 Å². The fraction of sp³-hybridized carbons (Fsp3) is 0.500. The summed E-state index contributed by atoms with van der Waals surface area (Å²) in [5, 5.41) is 11.8. The summed E-state index contributed by atoms with van der Waals surface area (Å²) in [6.07, 6.45) is 2.54. The Balaban J connectivity index is 2.18. The van der Waals surface area contributed by atoms with Gasteiger partial charge in [0.15, 0.2) is 0 Å². The summed E-state index contributed by atoms with van der Waals surface area (Å²) >= 11 is 0. The third kappa shape index (κ3) is 3.30. The standard InChI is InChI=1S/C10H14N2O/c1-2-9(6-11)7-12-8-10-4-3-5-13-10/h3-5,9,12H,2,7-8H2,1H3. The fourth-order valence-corrected chi connectivity index (χ4v) is 1.06. The van der Waals surface area contributed by atoms with Gasteiger partial charge >= 0.3 is 0 Å². The molecule has 0 amide bonds. The van der Waals surface area contributed by atoms with E-state index in [0.29, 0.717) is 6.54 Å². The maximum Gasteiger partial charge on any atom is 0.117 e. The van der Waals surface area contributed by atoms with Gasteiger partial charge in [-0.2, -0.15) is 5.26 Å². The Morgan fingerprint density at radius 3 is 3.08 bits per heavy atom. The molecule has 1 aromatic rings. The van der Waals surface area contributed by atoms with Crippen LogP contribution in [0.2, 0.25) is 0 Å². The monoisotopic (exact) mass is 178 g/mol. The second kappa shape index (κ2) is 5.39. The maximum absolute atomic E-state index is 8.67. The molecule has 0 aliphatic rings. The van der Waals surface area contributed by atoms with Gasteiger partial charge < -0.3 is 9.73 Å². The van der Waals surface area contributed by atoms with Crippen LogP contribution in [0.25, 0.3) is 0 Å². The van der Waals surface area contributed by atoms with E-state index in [2.05, 4.69) is 11.4 Å². The van der Waals surface area contributed by atoms with Crippen molar-refractivity contribution in [1.29, 1.82) is 5.26 Å². The predicted octanol–water partition coefficient (Wildman–Crippen LogP) is 1.92. The van der Waals surface area contributed by atoms with E-state index in [1.165, 1.54) is 0 Å². The Kier molecular flexibility index (Phi) is 4.07. The normalized spacial score (nSPS) is 12.3. The summed E-state index contributed by atoms with van der Waals surface area (Å²) in [6, 6.07) is 6.02. The van der Waals surface area contributed by atoms with E-state index in [-0.39, 0.29) is 5.92 Å². The first-order valence-electron chi connectivity index (χ1n) is 4.49. The average molecular weight is 178 g/mol. The Hall–Kier alpha value is -1.27. The van der Waals surface area contributed by atoms with Gasteiger partial charge in [-0.05, 0) is 18.6 Å². The zero-order valence-electron chi connectivity index (χ0n) is 7.79. The van der Waals surface area contributed by atoms with Crippen LogP contribution in [0.3, 0.4) is 0 Å². The van der Waals surface area contributed by atoms with Crippen molar-refractivity contribution in [3.8, 4) is 6.07 Å². The lowest BCUT2D eigenvalue weighted by atomic mass is 10.1. The number of hydrogen-bond acceptors (Lipinski definition) is 3. The summed E-state index contributed by atoms with van der Waals surface area (Å²) in [5.41, 5.74) is 0. The molecule has 0 aromatic carbocycles. The minimum atomic E-state index is 0.106. The molecule has 0 saturated heterocycles. The van der Waals surface area contributed by atoms with Gasteiger partial charge in [-0.25, -0.2) is 0 Å². The first-order valence-corrected chi connectivity index (χ1v) is 4.49. The molecule has 0 bridgehead atoms. The summed E-state index contributed by atoms with van der Waals surface area (Å²) in [6.45, 7) is 3.45. The number of nitrogens with zero attached hydrogens (tertiary/aromatic N) is 1. The van der Waals surface area contributed by atoms with Gasteiger partial charge in [-0.15, -0.1) is 0 Å². The molecule has 0 spiro atoms. The minimum Gasteiger partial charge on any atom is -0.468 e. The molecule has 0 aliphatic heterocycles. The quantitative estimate of drug-likeness (QED) is 0.749. The van der Waals surface area contributed by atoms with Gasteiger partial charge in [-0.3, -0.25) is 0 Å². The van der Waals surface area contributed by atoms with E-state index >= 15 is 0 Å². The molecule has 1 unspecified atom stereocenters. The number of nitrogens with one attached hydrogen (secondary N) is 1. The van der Waals surface area contributed by atoms with Crippen molar-refractivity contribution >= 4 is 0 Å². The zero-order chi connectivity index (χ0) is 9.52. The highest BCUT2D eigenvalue weighted by Crippen LogP contribution is 2.01. The van der Waals surface area contributed by atoms with Gasteiger partial charge in [0.2, 0.25) is 0 Å². The van der Waals surface area contributed by atoms with Crippen LogP contribution in [0, 0.1) is 17.2 Å². The van der Waals surface area contributed by atoms with Crippen molar-refractivity contribution in [3.05, 3.63) is 24.2 Å². The lowest BCUT2D eigenvalue weighted by Crippen LogP contribution is -2.20. The van der Waals surface area contributed by atoms with Crippen molar-refractivity contribution in [1.82, 2.24) is 5.32 Å². The lowest BCUT2D eigenvalue weighted by molar-refractivity contribution is 0.466. The van der Waals surface area contributed by atoms with Crippen molar-refractivity contribution in [2.45, 2.75) is 19.9 Å². The number of furan rings is 1. The Morgan fingerprint density at radius 1 is 1.69 bits per heavy atom. The topological polar surface area (TPSA) is 49.0 Å². The van der Waals surface area contributed by atoms with Crippen LogP contribution in [0.5, 0.6) is 0 Å². The molecule has 1 rings (SSSR count). The average Bonchev–Trinajstić information content (AvgIpc) is 2.65. The molecule has 1 heterocycles. The zero-order valence-corrected chi connectivity index (χ0v) is 7.79. The van der Waals surface area contributed by atoms with Crippen LogP contribution in [-0.4, -0.2) is 6.54 Å². The summed E-state index contributed by atoms with van der Waals surface area (Å²) in [4.78, 5) is 0. The van der Waals surface area contributed by atoms with Gasteiger partial charge in [0.25, 0.3) is 0 Å². The Morgan fingerprint density at radius 2 is 2.54 bits per heavy atom. The number of rotatable bonds is 5. The second-order valence-corrected chi connectivity index (χ2v) is 2.94. The molecule has 3 nitrogen and oxygen atoms in total. The second-order valence-electron chi connectivity index (χ2n) is 2.94. The van der Waals surface area contributed by atoms with Gasteiger partial charge in [0.1, 0.15) is 5.76 Å². The van der Waals surface area contributed by atoms with Crippen molar-refractivity contribution < 1.29 is 4.42 Å². The summed E-state index contributed by atoms with van der Waals surface area (Å²) < 4.78 is 5.14. The van der Waals surface area contributed by atoms with Crippen LogP contribution in [0.1, 0.15) is 19.1 Å². The van der Waals surface area contributed by atoms with E-state index in [9.17, 15) is 0 Å². The van der Waals surface area contributed by atoms with Crippen molar-refractivity contribution in [2.75, 3.05) is 6.54 Å². The van der Waals surface area contributed by atoms with E-state index in [1.54, 1.807) is 6.26 Å². The van der Waals surface area contributed by atoms with Crippen LogP contribution >= 0.6 is 0 Å². The van der Waals surface area contributed by atoms with Gasteiger partial charge in [-0.1, -0.05) is 6.92 Å². The molecule has 1 aromatic heterocycles. The smallest absolute Gasteiger partial charge is 0.117 e. The molecule has 0 fully saturated rings. The molecule has 1 atom stereocenters. The molecular formula is C10H14N2O. The highest BCUT2D eigenvalue weighted by Gasteiger charge is 2.03. The maximum atomic E-state index is 8.67. The largest absolute Gasteiger partial charge is 0.468 e. The van der Waals surface area contributed by atoms with Crippen LogP contribution in [0.4, 0.5) is 0 Å². The molecule has 1 N–H and O–H groups in total.